The van der Waals surface area contributed by atoms with Crippen LogP contribution in [-0.4, -0.2) is 15.3 Å². The first-order chi connectivity index (χ1) is 11.2. The van der Waals surface area contributed by atoms with Crippen LogP contribution >= 0.6 is 15.9 Å². The molecule has 5 heteroatoms. The second-order valence-corrected chi connectivity index (χ2v) is 6.78. The Kier molecular flexibility index (Phi) is 3.65. The maximum Gasteiger partial charge on any atom is 0.251 e. The Balaban J connectivity index is 1.48. The van der Waals surface area contributed by atoms with Crippen molar-refractivity contribution in [3.05, 3.63) is 69.6 Å². The number of rotatable bonds is 3. The molecule has 0 aliphatic heterocycles. The zero-order valence-electron chi connectivity index (χ0n) is 12.6. The van der Waals surface area contributed by atoms with E-state index in [9.17, 15) is 4.79 Å². The Hall–Kier alpha value is -2.14. The highest BCUT2D eigenvalue weighted by Gasteiger charge is 2.14. The summed E-state index contributed by atoms with van der Waals surface area (Å²) in [6.45, 7) is 0.426. The molecule has 0 saturated carbocycles. The molecular formula is C18H16BrN3O. The lowest BCUT2D eigenvalue weighted by Gasteiger charge is -2.05. The predicted molar refractivity (Wildman–Crippen MR) is 92.5 cm³/mol. The average molecular weight is 370 g/mol. The van der Waals surface area contributed by atoms with Crippen LogP contribution in [0.2, 0.25) is 0 Å². The van der Waals surface area contributed by atoms with Crippen molar-refractivity contribution < 1.29 is 4.79 Å². The van der Waals surface area contributed by atoms with Gasteiger partial charge in [0, 0.05) is 22.4 Å². The molecule has 1 aliphatic rings. The quantitative estimate of drug-likeness (QED) is 0.767. The number of hydrogen-bond donors (Lipinski definition) is 1. The Morgan fingerprint density at radius 3 is 2.96 bits per heavy atom. The molecule has 0 unspecified atom stereocenters. The van der Waals surface area contributed by atoms with E-state index in [-0.39, 0.29) is 5.91 Å². The van der Waals surface area contributed by atoms with Crippen LogP contribution in [0.15, 0.2) is 47.2 Å². The molecule has 3 aromatic rings. The topological polar surface area (TPSA) is 46.4 Å². The van der Waals surface area contributed by atoms with Crippen molar-refractivity contribution >= 4 is 27.5 Å². The highest BCUT2D eigenvalue weighted by Crippen LogP contribution is 2.22. The van der Waals surface area contributed by atoms with E-state index in [1.54, 1.807) is 0 Å². The predicted octanol–water partition coefficient (Wildman–Crippen LogP) is 3.52. The normalized spacial score (nSPS) is 13.3. The summed E-state index contributed by atoms with van der Waals surface area (Å²) in [5.74, 6) is -0.0436. The first-order valence-electron chi connectivity index (χ1n) is 7.72. The molecule has 0 saturated heterocycles. The monoisotopic (exact) mass is 369 g/mol. The molecule has 23 heavy (non-hydrogen) atoms. The molecule has 0 radical (unpaired) electrons. The van der Waals surface area contributed by atoms with Crippen LogP contribution in [0.5, 0.6) is 0 Å². The third-order valence-corrected chi connectivity index (χ3v) is 4.72. The summed E-state index contributed by atoms with van der Waals surface area (Å²) in [7, 11) is 0. The molecule has 2 aromatic heterocycles. The summed E-state index contributed by atoms with van der Waals surface area (Å²) in [6, 6.07) is 9.92. The summed E-state index contributed by atoms with van der Waals surface area (Å²) in [4.78, 5) is 16.8. The average Bonchev–Trinajstić information content (AvgIpc) is 3.17. The number of carbonyl (C=O) groups excluding carboxylic acids is 1. The minimum absolute atomic E-state index is 0.0436. The van der Waals surface area contributed by atoms with Gasteiger partial charge in [-0.05, 0) is 70.6 Å². The van der Waals surface area contributed by atoms with Crippen LogP contribution in [0.25, 0.3) is 5.65 Å². The highest BCUT2D eigenvalue weighted by molar-refractivity contribution is 9.10. The Bertz CT molecular complexity index is 900. The lowest BCUT2D eigenvalue weighted by molar-refractivity contribution is 0.0950. The number of aromatic nitrogens is 2. The zero-order valence-corrected chi connectivity index (χ0v) is 14.1. The van der Waals surface area contributed by atoms with Gasteiger partial charge in [0.1, 0.15) is 5.65 Å². The Morgan fingerprint density at radius 1 is 1.17 bits per heavy atom. The summed E-state index contributed by atoms with van der Waals surface area (Å²) in [6.07, 6.45) is 7.29. The van der Waals surface area contributed by atoms with Crippen molar-refractivity contribution in [1.82, 2.24) is 14.7 Å². The molecule has 4 rings (SSSR count). The third kappa shape index (κ3) is 2.88. The van der Waals surface area contributed by atoms with E-state index in [0.29, 0.717) is 6.54 Å². The minimum atomic E-state index is -0.0436. The van der Waals surface area contributed by atoms with E-state index in [2.05, 4.69) is 32.3 Å². The van der Waals surface area contributed by atoms with Crippen molar-refractivity contribution in [2.75, 3.05) is 0 Å². The lowest BCUT2D eigenvalue weighted by Crippen LogP contribution is -2.23. The van der Waals surface area contributed by atoms with E-state index < -0.39 is 0 Å². The van der Waals surface area contributed by atoms with Gasteiger partial charge in [0.25, 0.3) is 5.91 Å². The first kappa shape index (κ1) is 14.5. The zero-order chi connectivity index (χ0) is 15.8. The van der Waals surface area contributed by atoms with Gasteiger partial charge in [0.15, 0.2) is 0 Å². The number of halogens is 1. The number of aryl methyl sites for hydroxylation is 2. The largest absolute Gasteiger partial charge is 0.346 e. The fourth-order valence-corrected chi connectivity index (χ4v) is 3.44. The molecule has 0 spiro atoms. The van der Waals surface area contributed by atoms with E-state index >= 15 is 0 Å². The highest BCUT2D eigenvalue weighted by atomic mass is 79.9. The van der Waals surface area contributed by atoms with Crippen molar-refractivity contribution in [1.29, 1.82) is 0 Å². The van der Waals surface area contributed by atoms with Gasteiger partial charge in [-0.3, -0.25) is 4.79 Å². The fraction of sp³-hybridized carbons (Fsp3) is 0.222. The van der Waals surface area contributed by atoms with E-state index in [1.165, 1.54) is 17.5 Å². The molecule has 0 bridgehead atoms. The molecule has 1 amide bonds. The van der Waals surface area contributed by atoms with E-state index in [0.717, 1.165) is 34.2 Å². The number of benzene rings is 1. The third-order valence-electron chi connectivity index (χ3n) is 4.26. The van der Waals surface area contributed by atoms with Gasteiger partial charge in [-0.15, -0.1) is 0 Å². The summed E-state index contributed by atoms with van der Waals surface area (Å²) >= 11 is 3.44. The van der Waals surface area contributed by atoms with Crippen LogP contribution in [-0.2, 0) is 19.4 Å². The molecule has 4 nitrogen and oxygen atoms in total. The number of carbonyl (C=O) groups is 1. The van der Waals surface area contributed by atoms with Gasteiger partial charge in [0.2, 0.25) is 0 Å². The van der Waals surface area contributed by atoms with Gasteiger partial charge in [0.05, 0.1) is 12.2 Å². The van der Waals surface area contributed by atoms with E-state index in [1.807, 2.05) is 41.1 Å². The minimum Gasteiger partial charge on any atom is -0.346 e. The standard InChI is InChI=1S/C18H16BrN3O/c19-15-6-7-17-21-16(11-22(17)10-15)9-20-18(23)14-5-4-12-2-1-3-13(12)8-14/h4-8,10-11H,1-3,9H2,(H,20,23). The molecule has 1 aromatic carbocycles. The number of nitrogens with one attached hydrogen (secondary N) is 1. The van der Waals surface area contributed by atoms with Crippen LogP contribution in [0.3, 0.4) is 0 Å². The summed E-state index contributed by atoms with van der Waals surface area (Å²) < 4.78 is 2.94. The van der Waals surface area contributed by atoms with Crippen molar-refractivity contribution in [3.8, 4) is 0 Å². The number of amides is 1. The van der Waals surface area contributed by atoms with Gasteiger partial charge >= 0.3 is 0 Å². The van der Waals surface area contributed by atoms with Crippen LogP contribution in [0.1, 0.15) is 33.6 Å². The second kappa shape index (κ2) is 5.81. The van der Waals surface area contributed by atoms with Crippen LogP contribution in [0.4, 0.5) is 0 Å². The first-order valence-corrected chi connectivity index (χ1v) is 8.51. The number of nitrogens with zero attached hydrogens (tertiary/aromatic N) is 2. The van der Waals surface area contributed by atoms with Crippen molar-refractivity contribution in [3.63, 3.8) is 0 Å². The molecule has 2 heterocycles. The van der Waals surface area contributed by atoms with Gasteiger partial charge in [-0.2, -0.15) is 0 Å². The number of imidazole rings is 1. The number of hydrogen-bond acceptors (Lipinski definition) is 2. The van der Waals surface area contributed by atoms with Crippen LogP contribution in [0, 0.1) is 0 Å². The van der Waals surface area contributed by atoms with Crippen molar-refractivity contribution in [2.45, 2.75) is 25.8 Å². The molecule has 1 aliphatic carbocycles. The van der Waals surface area contributed by atoms with Crippen LogP contribution < -0.4 is 5.32 Å². The molecule has 0 atom stereocenters. The summed E-state index contributed by atoms with van der Waals surface area (Å²) in [5, 5.41) is 2.96. The maximum atomic E-state index is 12.3. The van der Waals surface area contributed by atoms with Gasteiger partial charge < -0.3 is 9.72 Å². The summed E-state index contributed by atoms with van der Waals surface area (Å²) in [5.41, 5.74) is 5.15. The van der Waals surface area contributed by atoms with Crippen molar-refractivity contribution in [2.24, 2.45) is 0 Å². The maximum absolute atomic E-state index is 12.3. The fourth-order valence-electron chi connectivity index (χ4n) is 3.09. The smallest absolute Gasteiger partial charge is 0.251 e. The number of pyridine rings is 1. The molecular weight excluding hydrogens is 354 g/mol. The lowest BCUT2D eigenvalue weighted by atomic mass is 10.1. The van der Waals surface area contributed by atoms with Gasteiger partial charge in [-0.25, -0.2) is 4.98 Å². The Morgan fingerprint density at radius 2 is 2.04 bits per heavy atom. The SMILES string of the molecule is O=C(NCc1cn2cc(Br)ccc2n1)c1ccc2c(c1)CCC2. The molecule has 116 valence electrons. The molecule has 0 fully saturated rings. The second-order valence-electron chi connectivity index (χ2n) is 5.86. The van der Waals surface area contributed by atoms with E-state index in [4.69, 9.17) is 0 Å². The van der Waals surface area contributed by atoms with Gasteiger partial charge in [-0.1, -0.05) is 6.07 Å². The number of fused-ring (bicyclic) bond motifs is 2. The Labute approximate surface area is 142 Å². The molecule has 1 N–H and O–H groups in total.